The summed E-state index contributed by atoms with van der Waals surface area (Å²) in [4.78, 5) is 34.0. The van der Waals surface area contributed by atoms with Gasteiger partial charge in [-0.25, -0.2) is 0 Å². The molecule has 0 unspecified atom stereocenters. The summed E-state index contributed by atoms with van der Waals surface area (Å²) < 4.78 is 10.9. The van der Waals surface area contributed by atoms with E-state index in [4.69, 9.17) is 9.47 Å². The van der Waals surface area contributed by atoms with E-state index in [0.717, 1.165) is 12.8 Å². The summed E-state index contributed by atoms with van der Waals surface area (Å²) >= 11 is 0. The SMILES string of the molecule is CCCCCCCOc1ccc(C(=O)NNC(=O)COc2ccc([N+](=O)[O-])cc2)cc1. The molecule has 0 aliphatic carbocycles. The van der Waals surface area contributed by atoms with Crippen molar-refractivity contribution in [3.05, 3.63) is 64.2 Å². The van der Waals surface area contributed by atoms with Crippen LogP contribution in [0.15, 0.2) is 48.5 Å². The number of hydrazine groups is 1. The topological polar surface area (TPSA) is 120 Å². The van der Waals surface area contributed by atoms with E-state index in [9.17, 15) is 19.7 Å². The maximum atomic E-state index is 12.1. The predicted octanol–water partition coefficient (Wildman–Crippen LogP) is 3.78. The number of ether oxygens (including phenoxy) is 2. The van der Waals surface area contributed by atoms with Crippen molar-refractivity contribution in [1.29, 1.82) is 0 Å². The Kier molecular flexibility index (Phi) is 9.80. The lowest BCUT2D eigenvalue weighted by molar-refractivity contribution is -0.384. The van der Waals surface area contributed by atoms with Crippen molar-refractivity contribution in [2.75, 3.05) is 13.2 Å². The molecule has 166 valence electrons. The number of nitrogens with zero attached hydrogens (tertiary/aromatic N) is 1. The second kappa shape index (κ2) is 12.8. The van der Waals surface area contributed by atoms with E-state index in [2.05, 4.69) is 17.8 Å². The Morgan fingerprint density at radius 3 is 2.13 bits per heavy atom. The number of nitro groups is 1. The number of nitrogens with one attached hydrogen (secondary N) is 2. The van der Waals surface area contributed by atoms with E-state index in [0.29, 0.717) is 23.7 Å². The lowest BCUT2D eigenvalue weighted by Crippen LogP contribution is -2.43. The van der Waals surface area contributed by atoms with E-state index < -0.39 is 16.7 Å². The fraction of sp³-hybridized carbons (Fsp3) is 0.364. The highest BCUT2D eigenvalue weighted by Crippen LogP contribution is 2.17. The quantitative estimate of drug-likeness (QED) is 0.301. The standard InChI is InChI=1S/C22H27N3O6/c1-2-3-4-5-6-15-30-19-11-7-17(8-12-19)22(27)24-23-21(26)16-31-20-13-9-18(10-14-20)25(28)29/h7-14H,2-6,15-16H2,1H3,(H,23,26)(H,24,27). The van der Waals surface area contributed by atoms with E-state index in [1.54, 1.807) is 24.3 Å². The van der Waals surface area contributed by atoms with Crippen molar-refractivity contribution >= 4 is 17.5 Å². The highest BCUT2D eigenvalue weighted by atomic mass is 16.6. The molecule has 31 heavy (non-hydrogen) atoms. The third kappa shape index (κ3) is 8.73. The van der Waals surface area contributed by atoms with E-state index in [1.165, 1.54) is 43.5 Å². The smallest absolute Gasteiger partial charge is 0.276 e. The molecule has 0 spiro atoms. The van der Waals surface area contributed by atoms with Crippen LogP contribution in [0.2, 0.25) is 0 Å². The molecule has 0 saturated heterocycles. The molecule has 9 heteroatoms. The number of carbonyl (C=O) groups excluding carboxylic acids is 2. The van der Waals surface area contributed by atoms with Crippen LogP contribution in [0.5, 0.6) is 11.5 Å². The van der Waals surface area contributed by atoms with Gasteiger partial charge >= 0.3 is 0 Å². The zero-order chi connectivity index (χ0) is 22.5. The third-order valence-corrected chi connectivity index (χ3v) is 4.37. The van der Waals surface area contributed by atoms with Crippen molar-refractivity contribution in [2.24, 2.45) is 0 Å². The average Bonchev–Trinajstić information content (AvgIpc) is 2.79. The molecule has 0 aliphatic rings. The van der Waals surface area contributed by atoms with Crippen LogP contribution in [0, 0.1) is 10.1 Å². The molecule has 2 aromatic carbocycles. The fourth-order valence-electron chi connectivity index (χ4n) is 2.65. The highest BCUT2D eigenvalue weighted by Gasteiger charge is 2.09. The van der Waals surface area contributed by atoms with Crippen LogP contribution < -0.4 is 20.3 Å². The first kappa shape index (κ1) is 23.7. The number of hydrogen-bond acceptors (Lipinski definition) is 6. The first-order valence-corrected chi connectivity index (χ1v) is 10.2. The van der Waals surface area contributed by atoms with Gasteiger partial charge in [0.05, 0.1) is 11.5 Å². The number of benzene rings is 2. The largest absolute Gasteiger partial charge is 0.494 e. The number of non-ortho nitro benzene ring substituents is 1. The van der Waals surface area contributed by atoms with Crippen molar-refractivity contribution in [3.63, 3.8) is 0 Å². The van der Waals surface area contributed by atoms with Crippen LogP contribution in [0.3, 0.4) is 0 Å². The first-order valence-electron chi connectivity index (χ1n) is 10.2. The second-order valence-corrected chi connectivity index (χ2v) is 6.83. The van der Waals surface area contributed by atoms with Crippen LogP contribution in [0.25, 0.3) is 0 Å². The molecule has 0 atom stereocenters. The number of amides is 2. The van der Waals surface area contributed by atoms with Gasteiger partial charge in [-0.2, -0.15) is 0 Å². The van der Waals surface area contributed by atoms with Gasteiger partial charge in [-0.3, -0.25) is 30.6 Å². The maximum absolute atomic E-state index is 12.1. The van der Waals surface area contributed by atoms with Crippen molar-refractivity contribution in [1.82, 2.24) is 10.9 Å². The van der Waals surface area contributed by atoms with Crippen LogP contribution in [-0.4, -0.2) is 30.0 Å². The van der Waals surface area contributed by atoms with Gasteiger partial charge in [0.1, 0.15) is 11.5 Å². The molecule has 2 aromatic rings. The fourth-order valence-corrected chi connectivity index (χ4v) is 2.65. The number of nitro benzene ring substituents is 1. The molecular weight excluding hydrogens is 402 g/mol. The van der Waals surface area contributed by atoms with Gasteiger partial charge in [0, 0.05) is 17.7 Å². The molecule has 0 aromatic heterocycles. The van der Waals surface area contributed by atoms with Crippen LogP contribution >= 0.6 is 0 Å². The van der Waals surface area contributed by atoms with Crippen LogP contribution in [0.1, 0.15) is 49.4 Å². The minimum atomic E-state index is -0.574. The molecule has 0 saturated carbocycles. The predicted molar refractivity (Wildman–Crippen MR) is 115 cm³/mol. The zero-order valence-electron chi connectivity index (χ0n) is 17.5. The van der Waals surface area contributed by atoms with Gasteiger partial charge in [0.2, 0.25) is 0 Å². The molecule has 2 rings (SSSR count). The number of carbonyl (C=O) groups is 2. The van der Waals surface area contributed by atoms with Crippen molar-refractivity contribution < 1.29 is 24.0 Å². The minimum absolute atomic E-state index is 0.0764. The summed E-state index contributed by atoms with van der Waals surface area (Å²) in [5.41, 5.74) is 4.84. The van der Waals surface area contributed by atoms with Gasteiger partial charge < -0.3 is 9.47 Å². The minimum Gasteiger partial charge on any atom is -0.494 e. The lowest BCUT2D eigenvalue weighted by atomic mass is 10.2. The van der Waals surface area contributed by atoms with E-state index in [1.807, 2.05) is 0 Å². The molecule has 0 heterocycles. The molecule has 0 bridgehead atoms. The summed E-state index contributed by atoms with van der Waals surface area (Å²) in [7, 11) is 0. The summed E-state index contributed by atoms with van der Waals surface area (Å²) in [6, 6.07) is 12.0. The molecule has 0 fully saturated rings. The summed E-state index contributed by atoms with van der Waals surface area (Å²) in [6.45, 7) is 2.46. The summed E-state index contributed by atoms with van der Waals surface area (Å²) in [5, 5.41) is 10.6. The highest BCUT2D eigenvalue weighted by molar-refractivity contribution is 5.95. The van der Waals surface area contributed by atoms with Crippen molar-refractivity contribution in [3.8, 4) is 11.5 Å². The van der Waals surface area contributed by atoms with Crippen LogP contribution in [0.4, 0.5) is 5.69 Å². The Bertz CT molecular complexity index is 853. The molecule has 2 amide bonds. The van der Waals surface area contributed by atoms with Gasteiger partial charge in [0.25, 0.3) is 17.5 Å². The lowest BCUT2D eigenvalue weighted by Gasteiger charge is -2.10. The summed E-state index contributed by atoms with van der Waals surface area (Å²) in [6.07, 6.45) is 5.79. The Labute approximate surface area is 180 Å². The molecule has 9 nitrogen and oxygen atoms in total. The third-order valence-electron chi connectivity index (χ3n) is 4.37. The maximum Gasteiger partial charge on any atom is 0.276 e. The van der Waals surface area contributed by atoms with Gasteiger partial charge in [-0.1, -0.05) is 32.6 Å². The Balaban J connectivity index is 1.67. The molecular formula is C22H27N3O6. The summed E-state index contributed by atoms with van der Waals surface area (Å²) in [5.74, 6) is -0.0647. The van der Waals surface area contributed by atoms with Gasteiger partial charge in [-0.05, 0) is 42.8 Å². The monoisotopic (exact) mass is 429 g/mol. The average molecular weight is 429 g/mol. The number of unbranched alkanes of at least 4 members (excludes halogenated alkanes) is 4. The number of rotatable bonds is 12. The van der Waals surface area contributed by atoms with E-state index in [-0.39, 0.29) is 12.3 Å². The molecule has 2 N–H and O–H groups in total. The molecule has 0 aliphatic heterocycles. The Morgan fingerprint density at radius 1 is 0.871 bits per heavy atom. The van der Waals surface area contributed by atoms with Crippen LogP contribution in [-0.2, 0) is 4.79 Å². The van der Waals surface area contributed by atoms with Gasteiger partial charge in [0.15, 0.2) is 6.61 Å². The normalized spacial score (nSPS) is 10.2. The van der Waals surface area contributed by atoms with Gasteiger partial charge in [-0.15, -0.1) is 0 Å². The zero-order valence-corrected chi connectivity index (χ0v) is 17.5. The van der Waals surface area contributed by atoms with Crippen molar-refractivity contribution in [2.45, 2.75) is 39.0 Å². The Morgan fingerprint density at radius 2 is 1.48 bits per heavy atom. The number of hydrogen-bond donors (Lipinski definition) is 2. The second-order valence-electron chi connectivity index (χ2n) is 6.83. The van der Waals surface area contributed by atoms with E-state index >= 15 is 0 Å². The Hall–Kier alpha value is -3.62. The first-order chi connectivity index (χ1) is 15.0. The molecule has 0 radical (unpaired) electrons.